The molecule has 0 aliphatic heterocycles. The zero-order valence-corrected chi connectivity index (χ0v) is 13.8. The molecule has 0 bridgehead atoms. The lowest BCUT2D eigenvalue weighted by atomic mass is 10.0. The first-order valence-electron chi connectivity index (χ1n) is 8.26. The van der Waals surface area contributed by atoms with Crippen LogP contribution in [-0.2, 0) is 17.8 Å². The number of hydrogen-bond acceptors (Lipinski definition) is 3. The second kappa shape index (κ2) is 7.66. The maximum atomic E-state index is 12.0. The minimum atomic E-state index is -0.584. The van der Waals surface area contributed by atoms with Crippen LogP contribution in [0.25, 0.3) is 11.0 Å². The van der Waals surface area contributed by atoms with E-state index in [2.05, 4.69) is 5.32 Å². The molecule has 2 aromatic carbocycles. The van der Waals surface area contributed by atoms with Crippen LogP contribution < -0.4 is 11.1 Å². The molecule has 2 amide bonds. The minimum Gasteiger partial charge on any atom is -0.451 e. The number of amides is 2. The van der Waals surface area contributed by atoms with Gasteiger partial charge < -0.3 is 15.5 Å². The number of carbonyl (C=O) groups is 2. The third kappa shape index (κ3) is 4.07. The van der Waals surface area contributed by atoms with Crippen LogP contribution in [0, 0.1) is 0 Å². The predicted octanol–water partition coefficient (Wildman–Crippen LogP) is 3.17. The van der Waals surface area contributed by atoms with E-state index in [-0.39, 0.29) is 11.7 Å². The van der Waals surface area contributed by atoms with Crippen LogP contribution in [0.2, 0.25) is 0 Å². The molecule has 0 fully saturated rings. The first kappa shape index (κ1) is 16.8. The third-order valence-corrected chi connectivity index (χ3v) is 4.09. The van der Waals surface area contributed by atoms with E-state index in [0.717, 1.165) is 16.5 Å². The van der Waals surface area contributed by atoms with Gasteiger partial charge in [0.2, 0.25) is 5.91 Å². The van der Waals surface area contributed by atoms with E-state index in [0.29, 0.717) is 31.4 Å². The standard InChI is InChI=1S/C20H20N2O3/c21-20(24)19-16(15-9-4-5-11-17(15)25-19)10-6-12-18(23)22-13-14-7-2-1-3-8-14/h1-5,7-9,11H,6,10,12-13H2,(H2,21,24)(H,22,23). The molecule has 1 heterocycles. The molecule has 3 rings (SSSR count). The zero-order chi connectivity index (χ0) is 17.6. The molecule has 0 aliphatic carbocycles. The van der Waals surface area contributed by atoms with Crippen molar-refractivity contribution in [2.75, 3.05) is 0 Å². The lowest BCUT2D eigenvalue weighted by molar-refractivity contribution is -0.121. The van der Waals surface area contributed by atoms with Gasteiger partial charge in [0, 0.05) is 23.9 Å². The Morgan fingerprint density at radius 3 is 2.48 bits per heavy atom. The summed E-state index contributed by atoms with van der Waals surface area (Å²) in [5, 5.41) is 3.78. The van der Waals surface area contributed by atoms with E-state index in [4.69, 9.17) is 10.2 Å². The van der Waals surface area contributed by atoms with Gasteiger partial charge in [0.25, 0.3) is 5.91 Å². The lowest BCUT2D eigenvalue weighted by Crippen LogP contribution is -2.22. The first-order valence-corrected chi connectivity index (χ1v) is 8.26. The van der Waals surface area contributed by atoms with E-state index in [1.165, 1.54) is 0 Å². The van der Waals surface area contributed by atoms with Gasteiger partial charge in [-0.25, -0.2) is 0 Å². The van der Waals surface area contributed by atoms with Gasteiger partial charge in [-0.05, 0) is 24.5 Å². The molecule has 1 aromatic heterocycles. The van der Waals surface area contributed by atoms with Crippen molar-refractivity contribution in [1.29, 1.82) is 0 Å². The summed E-state index contributed by atoms with van der Waals surface area (Å²) in [5.41, 5.74) is 7.89. The number of carbonyl (C=O) groups excluding carboxylic acids is 2. The average Bonchev–Trinajstić information content (AvgIpc) is 3.00. The van der Waals surface area contributed by atoms with Crippen LogP contribution in [0.5, 0.6) is 0 Å². The van der Waals surface area contributed by atoms with Crippen molar-refractivity contribution in [3.63, 3.8) is 0 Å². The van der Waals surface area contributed by atoms with Crippen molar-refractivity contribution in [1.82, 2.24) is 5.32 Å². The van der Waals surface area contributed by atoms with Crippen molar-refractivity contribution in [3.8, 4) is 0 Å². The van der Waals surface area contributed by atoms with Crippen LogP contribution in [0.15, 0.2) is 59.0 Å². The van der Waals surface area contributed by atoms with Crippen molar-refractivity contribution in [2.45, 2.75) is 25.8 Å². The number of aryl methyl sites for hydroxylation is 1. The Morgan fingerprint density at radius 2 is 1.72 bits per heavy atom. The molecule has 0 saturated carbocycles. The predicted molar refractivity (Wildman–Crippen MR) is 96.0 cm³/mol. The number of benzene rings is 2. The summed E-state index contributed by atoms with van der Waals surface area (Å²) < 4.78 is 5.55. The molecular weight excluding hydrogens is 316 g/mol. The maximum absolute atomic E-state index is 12.0. The Labute approximate surface area is 145 Å². The Balaban J connectivity index is 1.58. The largest absolute Gasteiger partial charge is 0.451 e. The number of fused-ring (bicyclic) bond motifs is 1. The van der Waals surface area contributed by atoms with E-state index < -0.39 is 5.91 Å². The van der Waals surface area contributed by atoms with Gasteiger partial charge in [-0.2, -0.15) is 0 Å². The molecule has 0 saturated heterocycles. The van der Waals surface area contributed by atoms with Gasteiger partial charge in [0.1, 0.15) is 5.58 Å². The molecule has 3 N–H and O–H groups in total. The number of nitrogens with one attached hydrogen (secondary N) is 1. The molecule has 5 nitrogen and oxygen atoms in total. The van der Waals surface area contributed by atoms with Crippen molar-refractivity contribution < 1.29 is 14.0 Å². The van der Waals surface area contributed by atoms with Gasteiger partial charge in [0.15, 0.2) is 5.76 Å². The fraction of sp³-hybridized carbons (Fsp3) is 0.200. The second-order valence-corrected chi connectivity index (χ2v) is 5.89. The highest BCUT2D eigenvalue weighted by molar-refractivity contribution is 5.98. The van der Waals surface area contributed by atoms with E-state index in [9.17, 15) is 9.59 Å². The SMILES string of the molecule is NC(=O)c1oc2ccccc2c1CCCC(=O)NCc1ccccc1. The molecule has 0 unspecified atom stereocenters. The van der Waals surface area contributed by atoms with Crippen molar-refractivity contribution in [3.05, 3.63) is 71.5 Å². The molecule has 0 radical (unpaired) electrons. The summed E-state index contributed by atoms with van der Waals surface area (Å²) in [5.74, 6) is -0.414. The highest BCUT2D eigenvalue weighted by Crippen LogP contribution is 2.27. The Bertz CT molecular complexity index is 884. The Hall–Kier alpha value is -3.08. The number of hydrogen-bond donors (Lipinski definition) is 2. The van der Waals surface area contributed by atoms with Crippen molar-refractivity contribution >= 4 is 22.8 Å². The van der Waals surface area contributed by atoms with Gasteiger partial charge in [0.05, 0.1) is 0 Å². The second-order valence-electron chi connectivity index (χ2n) is 5.89. The normalized spacial score (nSPS) is 10.7. The highest BCUT2D eigenvalue weighted by Gasteiger charge is 2.18. The highest BCUT2D eigenvalue weighted by atomic mass is 16.3. The summed E-state index contributed by atoms with van der Waals surface area (Å²) >= 11 is 0. The van der Waals surface area contributed by atoms with Gasteiger partial charge in [-0.15, -0.1) is 0 Å². The number of primary amides is 1. The third-order valence-electron chi connectivity index (χ3n) is 4.09. The molecule has 25 heavy (non-hydrogen) atoms. The van der Waals surface area contributed by atoms with E-state index >= 15 is 0 Å². The van der Waals surface area contributed by atoms with Crippen LogP contribution in [-0.4, -0.2) is 11.8 Å². The molecular formula is C20H20N2O3. The molecule has 0 aliphatic rings. The van der Waals surface area contributed by atoms with Gasteiger partial charge >= 0.3 is 0 Å². The fourth-order valence-corrected chi connectivity index (χ4v) is 2.86. The number of nitrogens with two attached hydrogens (primary N) is 1. The summed E-state index contributed by atoms with van der Waals surface area (Å²) in [7, 11) is 0. The van der Waals surface area contributed by atoms with Gasteiger partial charge in [-0.3, -0.25) is 9.59 Å². The van der Waals surface area contributed by atoms with Crippen LogP contribution in [0.4, 0.5) is 0 Å². The van der Waals surface area contributed by atoms with E-state index in [1.54, 1.807) is 6.07 Å². The minimum absolute atomic E-state index is 0.0164. The van der Waals surface area contributed by atoms with E-state index in [1.807, 2.05) is 48.5 Å². The molecule has 0 atom stereocenters. The molecule has 0 spiro atoms. The molecule has 128 valence electrons. The maximum Gasteiger partial charge on any atom is 0.284 e. The van der Waals surface area contributed by atoms with Crippen LogP contribution in [0.1, 0.15) is 34.5 Å². The molecule has 3 aromatic rings. The van der Waals surface area contributed by atoms with Crippen molar-refractivity contribution in [2.24, 2.45) is 5.73 Å². The monoisotopic (exact) mass is 336 g/mol. The van der Waals surface area contributed by atoms with Crippen LogP contribution >= 0.6 is 0 Å². The number of rotatable bonds is 7. The zero-order valence-electron chi connectivity index (χ0n) is 13.8. The quantitative estimate of drug-likeness (QED) is 0.695. The average molecular weight is 336 g/mol. The number of para-hydroxylation sites is 1. The Morgan fingerprint density at radius 1 is 1.00 bits per heavy atom. The van der Waals surface area contributed by atoms with Gasteiger partial charge in [-0.1, -0.05) is 48.5 Å². The fourth-order valence-electron chi connectivity index (χ4n) is 2.86. The number of furan rings is 1. The summed E-state index contributed by atoms with van der Waals surface area (Å²) in [6, 6.07) is 17.2. The smallest absolute Gasteiger partial charge is 0.284 e. The van der Waals surface area contributed by atoms with Crippen LogP contribution in [0.3, 0.4) is 0 Å². The molecule has 5 heteroatoms. The Kier molecular flexibility index (Phi) is 5.14. The topological polar surface area (TPSA) is 85.3 Å². The summed E-state index contributed by atoms with van der Waals surface area (Å²) in [6.07, 6.45) is 1.56. The summed E-state index contributed by atoms with van der Waals surface area (Å²) in [4.78, 5) is 23.6. The lowest BCUT2D eigenvalue weighted by Gasteiger charge is -2.05. The summed E-state index contributed by atoms with van der Waals surface area (Å²) in [6.45, 7) is 0.515. The first-order chi connectivity index (χ1) is 12.1.